The van der Waals surface area contributed by atoms with Gasteiger partial charge < -0.3 is 10.6 Å². The van der Waals surface area contributed by atoms with Crippen LogP contribution in [-0.2, 0) is 16.4 Å². The molecule has 0 saturated carbocycles. The van der Waals surface area contributed by atoms with Crippen molar-refractivity contribution in [1.29, 1.82) is 0 Å². The number of hydrogen-bond acceptors (Lipinski definition) is 3. The number of halogens is 2. The van der Waals surface area contributed by atoms with Gasteiger partial charge in [-0.05, 0) is 25.0 Å². The molecule has 0 radical (unpaired) electrons. The van der Waals surface area contributed by atoms with Crippen molar-refractivity contribution in [2.45, 2.75) is 25.9 Å². The Morgan fingerprint density at radius 2 is 2.00 bits per heavy atom. The van der Waals surface area contributed by atoms with Crippen molar-refractivity contribution < 1.29 is 8.42 Å². The van der Waals surface area contributed by atoms with Gasteiger partial charge in [-0.1, -0.05) is 29.8 Å². The fraction of sp³-hybridized carbons (Fsp3) is 0.500. The molecule has 0 bridgehead atoms. The monoisotopic (exact) mass is 459 g/mol. The lowest BCUT2D eigenvalue weighted by Gasteiger charge is -2.18. The molecule has 1 aromatic carbocycles. The molecule has 0 saturated heterocycles. The molecule has 2 N–H and O–H groups in total. The van der Waals surface area contributed by atoms with Gasteiger partial charge in [0.25, 0.3) is 0 Å². The van der Waals surface area contributed by atoms with Crippen molar-refractivity contribution in [2.75, 3.05) is 19.1 Å². The summed E-state index contributed by atoms with van der Waals surface area (Å²) < 4.78 is 22.3. The topological polar surface area (TPSA) is 70.6 Å². The lowest BCUT2D eigenvalue weighted by Crippen LogP contribution is -2.42. The minimum atomic E-state index is -2.94. The van der Waals surface area contributed by atoms with Crippen LogP contribution >= 0.6 is 35.6 Å². The van der Waals surface area contributed by atoms with Crippen LogP contribution in [0.3, 0.4) is 0 Å². The largest absolute Gasteiger partial charge is 0.354 e. The molecule has 8 heteroatoms. The number of guanidine groups is 1. The van der Waals surface area contributed by atoms with Crippen LogP contribution in [0.2, 0.25) is 5.02 Å². The average molecular weight is 460 g/mol. The summed E-state index contributed by atoms with van der Waals surface area (Å²) in [5, 5.41) is 7.02. The molecule has 126 valence electrons. The van der Waals surface area contributed by atoms with Crippen molar-refractivity contribution in [1.82, 2.24) is 10.6 Å². The van der Waals surface area contributed by atoms with Crippen LogP contribution < -0.4 is 10.6 Å². The van der Waals surface area contributed by atoms with Crippen molar-refractivity contribution in [3.8, 4) is 0 Å². The first-order valence-electron chi connectivity index (χ1n) is 6.70. The smallest absolute Gasteiger partial charge is 0.191 e. The van der Waals surface area contributed by atoms with Gasteiger partial charge in [0.15, 0.2) is 5.96 Å². The maximum absolute atomic E-state index is 11.2. The Hall–Kier alpha value is -0.540. The molecule has 0 amide bonds. The Morgan fingerprint density at radius 1 is 1.36 bits per heavy atom. The highest BCUT2D eigenvalue weighted by Crippen LogP contribution is 2.14. The Kier molecular flexibility index (Phi) is 10.0. The van der Waals surface area contributed by atoms with Gasteiger partial charge in [0.05, 0.1) is 5.75 Å². The molecule has 5 nitrogen and oxygen atoms in total. The van der Waals surface area contributed by atoms with Crippen molar-refractivity contribution in [3.05, 3.63) is 34.9 Å². The van der Waals surface area contributed by atoms with E-state index in [9.17, 15) is 8.42 Å². The summed E-state index contributed by atoms with van der Waals surface area (Å²) in [5.41, 5.74) is 0.978. The molecular formula is C14H23ClIN3O2S. The Balaban J connectivity index is 0.00000441. The molecular weight excluding hydrogens is 437 g/mol. The zero-order valence-electron chi connectivity index (χ0n) is 13.0. The number of sulfone groups is 1. The Bertz CT molecular complexity index is 594. The van der Waals surface area contributed by atoms with Gasteiger partial charge >= 0.3 is 0 Å². The van der Waals surface area contributed by atoms with E-state index in [2.05, 4.69) is 15.6 Å². The predicted molar refractivity (Wildman–Crippen MR) is 104 cm³/mol. The number of rotatable bonds is 6. The van der Waals surface area contributed by atoms with E-state index in [1.54, 1.807) is 7.05 Å². The van der Waals surface area contributed by atoms with E-state index < -0.39 is 9.84 Å². The highest BCUT2D eigenvalue weighted by atomic mass is 127. The van der Waals surface area contributed by atoms with Gasteiger partial charge in [0, 0.05) is 30.9 Å². The molecule has 0 aromatic heterocycles. The molecule has 22 heavy (non-hydrogen) atoms. The van der Waals surface area contributed by atoms with E-state index in [0.717, 1.165) is 5.56 Å². The van der Waals surface area contributed by atoms with Crippen LogP contribution in [0.15, 0.2) is 29.3 Å². The quantitative estimate of drug-likeness (QED) is 0.389. The van der Waals surface area contributed by atoms with Gasteiger partial charge in [-0.15, -0.1) is 24.0 Å². The molecule has 0 spiro atoms. The van der Waals surface area contributed by atoms with Crippen LogP contribution in [0, 0.1) is 0 Å². The van der Waals surface area contributed by atoms with E-state index in [0.29, 0.717) is 23.9 Å². The summed E-state index contributed by atoms with van der Waals surface area (Å²) in [7, 11) is -1.27. The Morgan fingerprint density at radius 3 is 2.55 bits per heavy atom. The first-order valence-corrected chi connectivity index (χ1v) is 9.14. The van der Waals surface area contributed by atoms with Crippen LogP contribution in [0.1, 0.15) is 18.9 Å². The van der Waals surface area contributed by atoms with Gasteiger partial charge in [-0.2, -0.15) is 0 Å². The maximum Gasteiger partial charge on any atom is 0.191 e. The van der Waals surface area contributed by atoms with Gasteiger partial charge in [-0.3, -0.25) is 4.99 Å². The number of nitrogens with zero attached hydrogens (tertiary/aromatic N) is 1. The summed E-state index contributed by atoms with van der Waals surface area (Å²) in [6, 6.07) is 7.59. The number of aliphatic imine (C=N–C) groups is 1. The van der Waals surface area contributed by atoms with Crippen LogP contribution in [-0.4, -0.2) is 39.5 Å². The minimum absolute atomic E-state index is 0. The summed E-state index contributed by atoms with van der Waals surface area (Å²) in [5.74, 6) is 0.777. The van der Waals surface area contributed by atoms with Crippen molar-refractivity contribution >= 4 is 51.4 Å². The fourth-order valence-corrected chi connectivity index (χ4v) is 2.70. The third-order valence-electron chi connectivity index (χ3n) is 2.93. The van der Waals surface area contributed by atoms with Crippen LogP contribution in [0.4, 0.5) is 0 Å². The average Bonchev–Trinajstić information content (AvgIpc) is 2.42. The van der Waals surface area contributed by atoms with Gasteiger partial charge in [0.2, 0.25) is 0 Å². The van der Waals surface area contributed by atoms with E-state index in [1.165, 1.54) is 6.26 Å². The summed E-state index contributed by atoms with van der Waals surface area (Å²) in [4.78, 5) is 4.12. The molecule has 0 aliphatic heterocycles. The molecule has 1 atom stereocenters. The van der Waals surface area contributed by atoms with Crippen LogP contribution in [0.25, 0.3) is 0 Å². The lowest BCUT2D eigenvalue weighted by atomic mass is 10.2. The Labute approximate surface area is 154 Å². The van der Waals surface area contributed by atoms with Gasteiger partial charge in [0.1, 0.15) is 9.84 Å². The zero-order valence-corrected chi connectivity index (χ0v) is 16.9. The predicted octanol–water partition coefficient (Wildman–Crippen LogP) is 2.45. The normalized spacial score (nSPS) is 13.2. The number of hydrogen-bond donors (Lipinski definition) is 2. The van der Waals surface area contributed by atoms with Crippen LogP contribution in [0.5, 0.6) is 0 Å². The molecule has 0 aliphatic rings. The first kappa shape index (κ1) is 21.5. The molecule has 1 rings (SSSR count). The highest BCUT2D eigenvalue weighted by molar-refractivity contribution is 14.0. The first-order chi connectivity index (χ1) is 9.81. The molecule has 0 heterocycles. The summed E-state index contributed by atoms with van der Waals surface area (Å²) >= 11 is 6.09. The highest BCUT2D eigenvalue weighted by Gasteiger charge is 2.09. The molecule has 1 aromatic rings. The van der Waals surface area contributed by atoms with E-state index in [-0.39, 0.29) is 35.8 Å². The van der Waals surface area contributed by atoms with E-state index >= 15 is 0 Å². The second-order valence-corrected chi connectivity index (χ2v) is 7.65. The molecule has 0 fully saturated rings. The lowest BCUT2D eigenvalue weighted by molar-refractivity contribution is 0.581. The zero-order chi connectivity index (χ0) is 15.9. The minimum Gasteiger partial charge on any atom is -0.354 e. The second-order valence-electron chi connectivity index (χ2n) is 4.98. The van der Waals surface area contributed by atoms with Crippen molar-refractivity contribution in [2.24, 2.45) is 4.99 Å². The number of nitrogens with one attached hydrogen (secondary N) is 2. The van der Waals surface area contributed by atoms with Gasteiger partial charge in [-0.25, -0.2) is 8.42 Å². The summed E-state index contributed by atoms with van der Waals surface area (Å²) in [6.07, 6.45) is 1.77. The standard InChI is InChI=1S/C14H22ClN3O2S.HI/c1-11(8-9-21(3,19)20)18-14(16-2)17-10-12-6-4-5-7-13(12)15;/h4-7,11H,8-10H2,1-3H3,(H2,16,17,18);1H. The fourth-order valence-electron chi connectivity index (χ4n) is 1.71. The molecule has 1 unspecified atom stereocenters. The molecule has 0 aliphatic carbocycles. The summed E-state index contributed by atoms with van der Waals surface area (Å²) in [6.45, 7) is 2.48. The second kappa shape index (κ2) is 10.3. The SMILES string of the molecule is CN=C(NCc1ccccc1Cl)NC(C)CCS(C)(=O)=O.I. The third-order valence-corrected chi connectivity index (χ3v) is 4.28. The number of benzene rings is 1. The van der Waals surface area contributed by atoms with Crippen molar-refractivity contribution in [3.63, 3.8) is 0 Å². The van der Waals surface area contributed by atoms with E-state index in [4.69, 9.17) is 11.6 Å². The maximum atomic E-state index is 11.2. The van der Waals surface area contributed by atoms with E-state index in [1.807, 2.05) is 31.2 Å². The third kappa shape index (κ3) is 8.79.